The van der Waals surface area contributed by atoms with Crippen molar-refractivity contribution in [2.24, 2.45) is 5.92 Å². The van der Waals surface area contributed by atoms with Gasteiger partial charge >= 0.3 is 11.8 Å². The molecule has 2 aliphatic rings. The molecule has 1 aromatic rings. The van der Waals surface area contributed by atoms with Crippen LogP contribution in [0.3, 0.4) is 0 Å². The van der Waals surface area contributed by atoms with Crippen LogP contribution in [0.4, 0.5) is 10.1 Å². The van der Waals surface area contributed by atoms with Crippen molar-refractivity contribution >= 4 is 17.5 Å². The third kappa shape index (κ3) is 3.52. The summed E-state index contributed by atoms with van der Waals surface area (Å²) in [4.78, 5) is 30.0. The predicted octanol–water partition coefficient (Wildman–Crippen LogP) is 1.73. The number of piperazine rings is 1. The maximum atomic E-state index is 13.8. The zero-order valence-electron chi connectivity index (χ0n) is 14.1. The maximum absolute atomic E-state index is 13.8. The second kappa shape index (κ2) is 7.20. The number of hydrogen-bond acceptors (Lipinski definition) is 3. The van der Waals surface area contributed by atoms with E-state index in [4.69, 9.17) is 0 Å². The fraction of sp³-hybridized carbons (Fsp3) is 0.556. The molecule has 0 radical (unpaired) electrons. The first-order valence-electron chi connectivity index (χ1n) is 8.64. The third-order valence-corrected chi connectivity index (χ3v) is 5.01. The lowest BCUT2D eigenvalue weighted by Crippen LogP contribution is -2.54. The molecule has 2 fully saturated rings. The van der Waals surface area contributed by atoms with Gasteiger partial charge in [-0.3, -0.25) is 9.59 Å². The van der Waals surface area contributed by atoms with Gasteiger partial charge in [0.1, 0.15) is 5.82 Å². The van der Waals surface area contributed by atoms with Gasteiger partial charge in [-0.2, -0.15) is 0 Å². The van der Waals surface area contributed by atoms with Gasteiger partial charge in [0.15, 0.2) is 0 Å². The SMILES string of the molecule is CC1CCN(C(=O)C(=O)N2CCN(c3ccccc3F)CC2)CC1. The number of piperidine rings is 1. The normalized spacial score (nSPS) is 19.5. The lowest BCUT2D eigenvalue weighted by atomic mass is 9.99. The lowest BCUT2D eigenvalue weighted by molar-refractivity contribution is -0.152. The molecule has 0 atom stereocenters. The molecule has 0 aliphatic carbocycles. The van der Waals surface area contributed by atoms with Crippen LogP contribution in [0.2, 0.25) is 0 Å². The summed E-state index contributed by atoms with van der Waals surface area (Å²) < 4.78 is 13.8. The Hall–Kier alpha value is -2.11. The van der Waals surface area contributed by atoms with E-state index in [1.165, 1.54) is 6.07 Å². The van der Waals surface area contributed by atoms with Crippen LogP contribution in [0.1, 0.15) is 19.8 Å². The minimum absolute atomic E-state index is 0.254. The molecule has 2 amide bonds. The molecule has 0 saturated carbocycles. The molecule has 24 heavy (non-hydrogen) atoms. The van der Waals surface area contributed by atoms with E-state index in [2.05, 4.69) is 6.92 Å². The van der Waals surface area contributed by atoms with Crippen molar-refractivity contribution in [2.75, 3.05) is 44.2 Å². The van der Waals surface area contributed by atoms with Crippen molar-refractivity contribution in [1.82, 2.24) is 9.80 Å². The zero-order chi connectivity index (χ0) is 17.1. The van der Waals surface area contributed by atoms with Gasteiger partial charge in [0, 0.05) is 39.3 Å². The van der Waals surface area contributed by atoms with Crippen LogP contribution in [-0.2, 0) is 9.59 Å². The standard InChI is InChI=1S/C18H24FN3O2/c1-14-6-8-21(9-7-14)17(23)18(24)22-12-10-20(11-13-22)16-5-3-2-4-15(16)19/h2-5,14H,6-13H2,1H3. The number of amides is 2. The van der Waals surface area contributed by atoms with Crippen LogP contribution in [-0.4, -0.2) is 60.9 Å². The highest BCUT2D eigenvalue weighted by Crippen LogP contribution is 2.21. The molecule has 0 N–H and O–H groups in total. The molecular formula is C18H24FN3O2. The Labute approximate surface area is 142 Å². The number of halogens is 1. The molecule has 6 heteroatoms. The van der Waals surface area contributed by atoms with Crippen LogP contribution in [0.25, 0.3) is 0 Å². The van der Waals surface area contributed by atoms with E-state index in [-0.39, 0.29) is 11.7 Å². The molecule has 5 nitrogen and oxygen atoms in total. The largest absolute Gasteiger partial charge is 0.366 e. The number of hydrogen-bond donors (Lipinski definition) is 0. The van der Waals surface area contributed by atoms with E-state index in [9.17, 15) is 14.0 Å². The number of benzene rings is 1. The van der Waals surface area contributed by atoms with Gasteiger partial charge in [-0.25, -0.2) is 4.39 Å². The summed E-state index contributed by atoms with van der Waals surface area (Å²) in [6.07, 6.45) is 1.92. The highest BCUT2D eigenvalue weighted by atomic mass is 19.1. The minimum Gasteiger partial charge on any atom is -0.366 e. The van der Waals surface area contributed by atoms with Crippen molar-refractivity contribution in [3.05, 3.63) is 30.1 Å². The molecule has 3 rings (SSSR count). The summed E-state index contributed by atoms with van der Waals surface area (Å²) in [6, 6.07) is 6.65. The molecule has 2 aliphatic heterocycles. The van der Waals surface area contributed by atoms with Crippen molar-refractivity contribution in [2.45, 2.75) is 19.8 Å². The third-order valence-electron chi connectivity index (χ3n) is 5.01. The fourth-order valence-electron chi connectivity index (χ4n) is 3.34. The van der Waals surface area contributed by atoms with Crippen molar-refractivity contribution in [1.29, 1.82) is 0 Å². The first kappa shape index (κ1) is 16.7. The number of carbonyl (C=O) groups excluding carboxylic acids is 2. The van der Waals surface area contributed by atoms with E-state index in [0.29, 0.717) is 50.9 Å². The van der Waals surface area contributed by atoms with Gasteiger partial charge < -0.3 is 14.7 Å². The van der Waals surface area contributed by atoms with Gasteiger partial charge in [0.05, 0.1) is 5.69 Å². The number of carbonyl (C=O) groups is 2. The van der Waals surface area contributed by atoms with Gasteiger partial charge in [-0.15, -0.1) is 0 Å². The maximum Gasteiger partial charge on any atom is 0.312 e. The number of rotatable bonds is 1. The summed E-state index contributed by atoms with van der Waals surface area (Å²) in [5.41, 5.74) is 0.556. The topological polar surface area (TPSA) is 43.9 Å². The summed E-state index contributed by atoms with van der Waals surface area (Å²) >= 11 is 0. The molecule has 0 unspecified atom stereocenters. The Morgan fingerprint density at radius 2 is 1.46 bits per heavy atom. The molecule has 1 aromatic carbocycles. The van der Waals surface area contributed by atoms with E-state index >= 15 is 0 Å². The summed E-state index contributed by atoms with van der Waals surface area (Å²) in [7, 11) is 0. The van der Waals surface area contributed by atoms with Crippen molar-refractivity contribution in [3.8, 4) is 0 Å². The predicted molar refractivity (Wildman–Crippen MR) is 90.2 cm³/mol. The van der Waals surface area contributed by atoms with Crippen LogP contribution in [0, 0.1) is 11.7 Å². The second-order valence-electron chi connectivity index (χ2n) is 6.71. The zero-order valence-corrected chi connectivity index (χ0v) is 14.1. The smallest absolute Gasteiger partial charge is 0.312 e. The Morgan fingerprint density at radius 1 is 0.917 bits per heavy atom. The monoisotopic (exact) mass is 333 g/mol. The second-order valence-corrected chi connectivity index (χ2v) is 6.71. The lowest BCUT2D eigenvalue weighted by Gasteiger charge is -2.37. The van der Waals surface area contributed by atoms with E-state index in [0.717, 1.165) is 12.8 Å². The average Bonchev–Trinajstić information content (AvgIpc) is 2.62. The molecular weight excluding hydrogens is 309 g/mol. The van der Waals surface area contributed by atoms with Crippen LogP contribution < -0.4 is 4.90 Å². The summed E-state index contributed by atoms with van der Waals surface area (Å²) in [6.45, 7) is 5.48. The van der Waals surface area contributed by atoms with Crippen molar-refractivity contribution in [3.63, 3.8) is 0 Å². The van der Waals surface area contributed by atoms with Crippen LogP contribution in [0.5, 0.6) is 0 Å². The Balaban J connectivity index is 1.55. The van der Waals surface area contributed by atoms with Crippen molar-refractivity contribution < 1.29 is 14.0 Å². The molecule has 0 spiro atoms. The van der Waals surface area contributed by atoms with Crippen LogP contribution >= 0.6 is 0 Å². The van der Waals surface area contributed by atoms with Gasteiger partial charge in [0.2, 0.25) is 0 Å². The van der Waals surface area contributed by atoms with Crippen LogP contribution in [0.15, 0.2) is 24.3 Å². The fourth-order valence-corrected chi connectivity index (χ4v) is 3.34. The molecule has 2 saturated heterocycles. The van der Waals surface area contributed by atoms with E-state index in [1.54, 1.807) is 28.0 Å². The average molecular weight is 333 g/mol. The number of likely N-dealkylation sites (tertiary alicyclic amines) is 1. The quantitative estimate of drug-likeness (QED) is 0.735. The summed E-state index contributed by atoms with van der Waals surface area (Å²) in [5, 5.41) is 0. The highest BCUT2D eigenvalue weighted by Gasteiger charge is 2.31. The first-order valence-corrected chi connectivity index (χ1v) is 8.64. The molecule has 130 valence electrons. The molecule has 0 bridgehead atoms. The van der Waals surface area contributed by atoms with E-state index in [1.807, 2.05) is 4.90 Å². The van der Waals surface area contributed by atoms with Gasteiger partial charge in [0.25, 0.3) is 0 Å². The van der Waals surface area contributed by atoms with Gasteiger partial charge in [-0.1, -0.05) is 19.1 Å². The Bertz CT molecular complexity index is 606. The number of para-hydroxylation sites is 1. The Morgan fingerprint density at radius 3 is 2.04 bits per heavy atom. The molecule has 0 aromatic heterocycles. The van der Waals surface area contributed by atoms with E-state index < -0.39 is 5.91 Å². The highest BCUT2D eigenvalue weighted by molar-refractivity contribution is 6.34. The minimum atomic E-state index is -0.419. The molecule has 2 heterocycles. The number of nitrogens with zero attached hydrogens (tertiary/aromatic N) is 3. The van der Waals surface area contributed by atoms with Gasteiger partial charge in [-0.05, 0) is 30.9 Å². The number of anilines is 1. The summed E-state index contributed by atoms with van der Waals surface area (Å²) in [5.74, 6) is -0.441. The Kier molecular flexibility index (Phi) is 5.02. The first-order chi connectivity index (χ1) is 11.6.